The molecule has 0 saturated heterocycles. The second-order valence-electron chi connectivity index (χ2n) is 4.27. The molecule has 21 heavy (non-hydrogen) atoms. The van der Waals surface area contributed by atoms with Gasteiger partial charge in [0.25, 0.3) is 5.69 Å². The molecule has 0 N–H and O–H groups in total. The van der Waals surface area contributed by atoms with Crippen molar-refractivity contribution in [3.63, 3.8) is 0 Å². The average Bonchev–Trinajstić information content (AvgIpc) is 2.45. The minimum absolute atomic E-state index is 0.0809. The van der Waals surface area contributed by atoms with E-state index in [2.05, 4.69) is 4.98 Å². The summed E-state index contributed by atoms with van der Waals surface area (Å²) >= 11 is 5.84. The third-order valence-corrected chi connectivity index (χ3v) is 2.99. The minimum Gasteiger partial charge on any atom is -0.486 e. The van der Waals surface area contributed by atoms with Crippen LogP contribution in [0.1, 0.15) is 21.7 Å². The molecule has 7 heteroatoms. The lowest BCUT2D eigenvalue weighted by molar-refractivity contribution is -0.385. The number of halogens is 1. The van der Waals surface area contributed by atoms with Crippen molar-refractivity contribution in [2.24, 2.45) is 0 Å². The standard InChI is InChI=1S/C14H11ClN2O4/c1-9-2-5-14(12(7-18)16-9)21-8-10-6-11(15)3-4-13(10)17(19)20/h2-7H,8H2,1H3. The van der Waals surface area contributed by atoms with Gasteiger partial charge in [0.05, 0.1) is 10.5 Å². The lowest BCUT2D eigenvalue weighted by Crippen LogP contribution is -2.03. The van der Waals surface area contributed by atoms with Crippen LogP contribution in [0, 0.1) is 17.0 Å². The van der Waals surface area contributed by atoms with Crippen molar-refractivity contribution >= 4 is 23.6 Å². The molecular weight excluding hydrogens is 296 g/mol. The Morgan fingerprint density at radius 1 is 1.38 bits per heavy atom. The van der Waals surface area contributed by atoms with Crippen LogP contribution in [0.4, 0.5) is 5.69 Å². The summed E-state index contributed by atoms with van der Waals surface area (Å²) < 4.78 is 5.46. The number of ether oxygens (including phenoxy) is 1. The third kappa shape index (κ3) is 3.55. The number of rotatable bonds is 5. The van der Waals surface area contributed by atoms with E-state index in [4.69, 9.17) is 16.3 Å². The van der Waals surface area contributed by atoms with Gasteiger partial charge < -0.3 is 4.74 Å². The molecule has 6 nitrogen and oxygen atoms in total. The summed E-state index contributed by atoms with van der Waals surface area (Å²) in [5, 5.41) is 11.3. The van der Waals surface area contributed by atoms with E-state index in [0.717, 1.165) is 0 Å². The summed E-state index contributed by atoms with van der Waals surface area (Å²) in [5.41, 5.74) is 1.06. The molecule has 0 radical (unpaired) electrons. The maximum atomic E-state index is 11.0. The molecule has 0 fully saturated rings. The number of aromatic nitrogens is 1. The lowest BCUT2D eigenvalue weighted by atomic mass is 10.2. The maximum absolute atomic E-state index is 11.0. The second kappa shape index (κ2) is 6.32. The Morgan fingerprint density at radius 3 is 2.81 bits per heavy atom. The minimum atomic E-state index is -0.511. The van der Waals surface area contributed by atoms with Crippen molar-refractivity contribution in [3.8, 4) is 5.75 Å². The van der Waals surface area contributed by atoms with Gasteiger partial charge in [-0.1, -0.05) is 11.6 Å². The van der Waals surface area contributed by atoms with Crippen LogP contribution >= 0.6 is 11.6 Å². The highest BCUT2D eigenvalue weighted by atomic mass is 35.5. The molecule has 1 aromatic carbocycles. The molecule has 0 saturated carbocycles. The summed E-state index contributed by atoms with van der Waals surface area (Å²) in [7, 11) is 0. The fraction of sp³-hybridized carbons (Fsp3) is 0.143. The van der Waals surface area contributed by atoms with E-state index in [1.54, 1.807) is 19.1 Å². The van der Waals surface area contributed by atoms with Crippen molar-refractivity contribution in [1.29, 1.82) is 0 Å². The zero-order valence-corrected chi connectivity index (χ0v) is 11.8. The van der Waals surface area contributed by atoms with Gasteiger partial charge in [0.15, 0.2) is 6.29 Å². The number of benzene rings is 1. The topological polar surface area (TPSA) is 82.3 Å². The predicted molar refractivity (Wildman–Crippen MR) is 76.8 cm³/mol. The zero-order chi connectivity index (χ0) is 15.4. The Hall–Kier alpha value is -2.47. The van der Waals surface area contributed by atoms with Crippen LogP contribution in [0.5, 0.6) is 5.75 Å². The average molecular weight is 307 g/mol. The molecule has 0 bridgehead atoms. The van der Waals surface area contributed by atoms with Crippen LogP contribution in [0.2, 0.25) is 5.02 Å². The van der Waals surface area contributed by atoms with Crippen LogP contribution in [0.15, 0.2) is 30.3 Å². The Kier molecular flexibility index (Phi) is 4.49. The second-order valence-corrected chi connectivity index (χ2v) is 4.71. The van der Waals surface area contributed by atoms with E-state index in [0.29, 0.717) is 22.6 Å². The molecule has 0 aliphatic rings. The van der Waals surface area contributed by atoms with Crippen LogP contribution in [-0.4, -0.2) is 16.2 Å². The molecule has 0 spiro atoms. The molecule has 2 rings (SSSR count). The highest BCUT2D eigenvalue weighted by Gasteiger charge is 2.15. The number of nitrogens with zero attached hydrogens (tertiary/aromatic N) is 2. The number of hydrogen-bond donors (Lipinski definition) is 0. The molecule has 0 atom stereocenters. The predicted octanol–water partition coefficient (Wildman–Crippen LogP) is 3.34. The number of pyridine rings is 1. The van der Waals surface area contributed by atoms with E-state index < -0.39 is 4.92 Å². The molecular formula is C14H11ClN2O4. The summed E-state index contributed by atoms with van der Waals surface area (Å²) in [5.74, 6) is 0.268. The van der Waals surface area contributed by atoms with Gasteiger partial charge in [-0.15, -0.1) is 0 Å². The van der Waals surface area contributed by atoms with Gasteiger partial charge in [-0.3, -0.25) is 14.9 Å². The molecule has 2 aromatic rings. The van der Waals surface area contributed by atoms with Gasteiger partial charge >= 0.3 is 0 Å². The van der Waals surface area contributed by atoms with Gasteiger partial charge in [-0.2, -0.15) is 0 Å². The van der Waals surface area contributed by atoms with E-state index >= 15 is 0 Å². The fourth-order valence-electron chi connectivity index (χ4n) is 1.77. The highest BCUT2D eigenvalue weighted by Crippen LogP contribution is 2.25. The smallest absolute Gasteiger partial charge is 0.276 e. The van der Waals surface area contributed by atoms with Crippen molar-refractivity contribution in [2.45, 2.75) is 13.5 Å². The molecule has 0 aliphatic carbocycles. The molecule has 0 unspecified atom stereocenters. The van der Waals surface area contributed by atoms with Gasteiger partial charge in [0, 0.05) is 16.8 Å². The Labute approximate surface area is 125 Å². The van der Waals surface area contributed by atoms with Crippen LogP contribution in [-0.2, 0) is 6.61 Å². The lowest BCUT2D eigenvalue weighted by Gasteiger charge is -2.09. The van der Waals surface area contributed by atoms with E-state index in [9.17, 15) is 14.9 Å². The van der Waals surface area contributed by atoms with E-state index in [-0.39, 0.29) is 23.7 Å². The first kappa shape index (κ1) is 14.9. The van der Waals surface area contributed by atoms with E-state index in [1.165, 1.54) is 18.2 Å². The number of carbonyl (C=O) groups is 1. The largest absolute Gasteiger partial charge is 0.486 e. The van der Waals surface area contributed by atoms with Crippen molar-refractivity contribution in [1.82, 2.24) is 4.98 Å². The summed E-state index contributed by atoms with van der Waals surface area (Å²) in [6.07, 6.45) is 0.578. The first-order valence-electron chi connectivity index (χ1n) is 5.99. The van der Waals surface area contributed by atoms with Crippen molar-refractivity contribution in [3.05, 3.63) is 62.4 Å². The summed E-state index contributed by atoms with van der Waals surface area (Å²) in [4.78, 5) is 25.4. The highest BCUT2D eigenvalue weighted by molar-refractivity contribution is 6.30. The summed E-state index contributed by atoms with van der Waals surface area (Å²) in [6, 6.07) is 7.50. The van der Waals surface area contributed by atoms with Gasteiger partial charge in [-0.25, -0.2) is 4.98 Å². The number of nitro benzene ring substituents is 1. The Balaban J connectivity index is 2.26. The maximum Gasteiger partial charge on any atom is 0.276 e. The Morgan fingerprint density at radius 2 is 2.14 bits per heavy atom. The third-order valence-electron chi connectivity index (χ3n) is 2.76. The van der Waals surface area contributed by atoms with Crippen LogP contribution in [0.25, 0.3) is 0 Å². The first-order chi connectivity index (χ1) is 10.0. The van der Waals surface area contributed by atoms with Crippen molar-refractivity contribution in [2.75, 3.05) is 0 Å². The number of aryl methyl sites for hydroxylation is 1. The van der Waals surface area contributed by atoms with Crippen LogP contribution < -0.4 is 4.74 Å². The zero-order valence-electron chi connectivity index (χ0n) is 11.1. The number of carbonyl (C=O) groups excluding carboxylic acids is 1. The number of nitro groups is 1. The fourth-order valence-corrected chi connectivity index (χ4v) is 1.97. The molecule has 1 aromatic heterocycles. The summed E-state index contributed by atoms with van der Waals surface area (Å²) in [6.45, 7) is 1.67. The Bertz CT molecular complexity index is 703. The van der Waals surface area contributed by atoms with Crippen LogP contribution in [0.3, 0.4) is 0 Å². The molecule has 0 amide bonds. The van der Waals surface area contributed by atoms with Gasteiger partial charge in [0.1, 0.15) is 18.1 Å². The molecule has 1 heterocycles. The van der Waals surface area contributed by atoms with E-state index in [1.807, 2.05) is 0 Å². The monoisotopic (exact) mass is 306 g/mol. The number of aldehydes is 1. The van der Waals surface area contributed by atoms with Gasteiger partial charge in [0.2, 0.25) is 0 Å². The SMILES string of the molecule is Cc1ccc(OCc2cc(Cl)ccc2[N+](=O)[O-])c(C=O)n1. The molecule has 0 aliphatic heterocycles. The van der Waals surface area contributed by atoms with Gasteiger partial charge in [-0.05, 0) is 31.2 Å². The first-order valence-corrected chi connectivity index (χ1v) is 6.37. The molecule has 108 valence electrons. The normalized spacial score (nSPS) is 10.2. The quantitative estimate of drug-likeness (QED) is 0.480. The van der Waals surface area contributed by atoms with Crippen molar-refractivity contribution < 1.29 is 14.5 Å². The number of hydrogen-bond acceptors (Lipinski definition) is 5.